The molecule has 0 heterocycles. The molecule has 0 aromatic heterocycles. The van der Waals surface area contributed by atoms with Gasteiger partial charge in [-0.15, -0.1) is 0 Å². The minimum Gasteiger partial charge on any atom is -0.382 e. The molecule has 0 radical (unpaired) electrons. The van der Waals surface area contributed by atoms with Crippen LogP contribution < -0.4 is 0 Å². The summed E-state index contributed by atoms with van der Waals surface area (Å²) in [5, 5.41) is 0. The van der Waals surface area contributed by atoms with Crippen LogP contribution in [0.2, 0.25) is 0 Å². The fourth-order valence-electron chi connectivity index (χ4n) is 1.29. The molecule has 0 saturated heterocycles. The highest BCUT2D eigenvalue weighted by molar-refractivity contribution is 7.86. The first-order valence-corrected chi connectivity index (χ1v) is 7.00. The molecular weight excluding hydrogens is 256 g/mol. The number of rotatable bonds is 8. The molecule has 0 aliphatic heterocycles. The Kier molecular flexibility index (Phi) is 6.28. The molecule has 102 valence electrons. The lowest BCUT2D eigenvalue weighted by atomic mass is 10.2. The highest BCUT2D eigenvalue weighted by Crippen LogP contribution is 2.13. The summed E-state index contributed by atoms with van der Waals surface area (Å²) in [7, 11) is -2.12. The molecule has 1 rings (SSSR count). The van der Waals surface area contributed by atoms with E-state index in [1.807, 2.05) is 13.0 Å². The summed E-state index contributed by atoms with van der Waals surface area (Å²) in [6.45, 7) is 2.94. The van der Waals surface area contributed by atoms with Gasteiger partial charge in [0, 0.05) is 7.11 Å². The van der Waals surface area contributed by atoms with Crippen molar-refractivity contribution in [3.8, 4) is 0 Å². The molecule has 0 aliphatic carbocycles. The van der Waals surface area contributed by atoms with Crippen LogP contribution in [-0.4, -0.2) is 42.0 Å². The van der Waals surface area contributed by atoms with E-state index >= 15 is 0 Å². The second kappa shape index (κ2) is 7.48. The summed E-state index contributed by atoms with van der Waals surface area (Å²) in [4.78, 5) is 0.166. The largest absolute Gasteiger partial charge is 0.382 e. The molecule has 0 aliphatic rings. The maximum atomic E-state index is 11.8. The molecule has 6 heteroatoms. The van der Waals surface area contributed by atoms with Crippen LogP contribution in [0.1, 0.15) is 5.56 Å². The lowest BCUT2D eigenvalue weighted by Crippen LogP contribution is -2.13. The molecule has 0 amide bonds. The first-order valence-electron chi connectivity index (χ1n) is 5.59. The van der Waals surface area contributed by atoms with Crippen LogP contribution in [0.3, 0.4) is 0 Å². The van der Waals surface area contributed by atoms with Gasteiger partial charge in [0.05, 0.1) is 31.3 Å². The van der Waals surface area contributed by atoms with E-state index in [0.717, 1.165) is 5.56 Å². The van der Waals surface area contributed by atoms with Crippen LogP contribution in [0.25, 0.3) is 0 Å². The van der Waals surface area contributed by atoms with E-state index in [2.05, 4.69) is 0 Å². The molecule has 0 N–H and O–H groups in total. The van der Waals surface area contributed by atoms with Gasteiger partial charge in [0.2, 0.25) is 0 Å². The van der Waals surface area contributed by atoms with Gasteiger partial charge in [-0.3, -0.25) is 4.18 Å². The zero-order valence-electron chi connectivity index (χ0n) is 10.6. The Bertz CT molecular complexity index is 455. The van der Waals surface area contributed by atoms with Crippen LogP contribution in [0.5, 0.6) is 0 Å². The standard InChI is InChI=1S/C12H18O5S/c1-11-4-3-5-12(10-11)18(13,14)17-9-8-16-7-6-15-2/h3-5,10H,6-9H2,1-2H3. The third-order valence-corrected chi connectivity index (χ3v) is 3.48. The molecule has 0 atom stereocenters. The van der Waals surface area contributed by atoms with Crippen molar-refractivity contribution < 1.29 is 22.1 Å². The molecule has 0 unspecified atom stereocenters. The average molecular weight is 274 g/mol. The molecular formula is C12H18O5S. The average Bonchev–Trinajstić information content (AvgIpc) is 2.33. The summed E-state index contributed by atoms with van der Waals surface area (Å²) in [6, 6.07) is 6.59. The van der Waals surface area contributed by atoms with Crippen LogP contribution in [-0.2, 0) is 23.8 Å². The lowest BCUT2D eigenvalue weighted by molar-refractivity contribution is 0.0554. The van der Waals surface area contributed by atoms with Crippen LogP contribution in [0.15, 0.2) is 29.2 Å². The van der Waals surface area contributed by atoms with Gasteiger partial charge in [-0.05, 0) is 24.6 Å². The minimum atomic E-state index is -3.69. The second-order valence-electron chi connectivity index (χ2n) is 3.70. The molecule has 5 nitrogen and oxygen atoms in total. The van der Waals surface area contributed by atoms with Crippen molar-refractivity contribution in [3.63, 3.8) is 0 Å². The van der Waals surface area contributed by atoms with Gasteiger partial charge < -0.3 is 9.47 Å². The van der Waals surface area contributed by atoms with E-state index in [-0.39, 0.29) is 18.1 Å². The quantitative estimate of drug-likeness (QED) is 0.529. The first-order chi connectivity index (χ1) is 8.56. The van der Waals surface area contributed by atoms with Crippen molar-refractivity contribution in [2.24, 2.45) is 0 Å². The van der Waals surface area contributed by atoms with Crippen molar-refractivity contribution in [2.45, 2.75) is 11.8 Å². The third kappa shape index (κ3) is 5.14. The molecule has 0 bridgehead atoms. The fraction of sp³-hybridized carbons (Fsp3) is 0.500. The number of hydrogen-bond donors (Lipinski definition) is 0. The summed E-state index contributed by atoms with van der Waals surface area (Å²) in [6.07, 6.45) is 0. The highest BCUT2D eigenvalue weighted by Gasteiger charge is 2.14. The van der Waals surface area contributed by atoms with E-state index in [0.29, 0.717) is 13.2 Å². The van der Waals surface area contributed by atoms with Crippen LogP contribution >= 0.6 is 0 Å². The summed E-state index contributed by atoms with van der Waals surface area (Å²) >= 11 is 0. The van der Waals surface area contributed by atoms with Gasteiger partial charge in [0.1, 0.15) is 0 Å². The van der Waals surface area contributed by atoms with Crippen molar-refractivity contribution in [2.75, 3.05) is 33.5 Å². The summed E-state index contributed by atoms with van der Waals surface area (Å²) in [5.41, 5.74) is 0.871. The lowest BCUT2D eigenvalue weighted by Gasteiger charge is -2.07. The summed E-state index contributed by atoms with van der Waals surface area (Å²) < 4.78 is 38.3. The van der Waals surface area contributed by atoms with Gasteiger partial charge in [-0.1, -0.05) is 12.1 Å². The molecule has 18 heavy (non-hydrogen) atoms. The van der Waals surface area contributed by atoms with Crippen molar-refractivity contribution in [1.29, 1.82) is 0 Å². The zero-order chi connectivity index (χ0) is 13.4. The number of ether oxygens (including phenoxy) is 2. The van der Waals surface area contributed by atoms with Gasteiger partial charge in [0.15, 0.2) is 0 Å². The van der Waals surface area contributed by atoms with Gasteiger partial charge >= 0.3 is 0 Å². The monoisotopic (exact) mass is 274 g/mol. The van der Waals surface area contributed by atoms with Gasteiger partial charge in [-0.2, -0.15) is 8.42 Å². The number of benzene rings is 1. The summed E-state index contributed by atoms with van der Waals surface area (Å²) in [5.74, 6) is 0. The zero-order valence-corrected chi connectivity index (χ0v) is 11.4. The van der Waals surface area contributed by atoms with E-state index < -0.39 is 10.1 Å². The number of methoxy groups -OCH3 is 1. The molecule has 1 aromatic rings. The van der Waals surface area contributed by atoms with E-state index in [9.17, 15) is 8.42 Å². The normalized spacial score (nSPS) is 11.7. The molecule has 0 fully saturated rings. The van der Waals surface area contributed by atoms with E-state index in [1.54, 1.807) is 19.2 Å². The third-order valence-electron chi connectivity index (χ3n) is 2.18. The smallest absolute Gasteiger partial charge is 0.297 e. The molecule has 0 spiro atoms. The Hall–Kier alpha value is -0.950. The van der Waals surface area contributed by atoms with E-state index in [1.165, 1.54) is 6.07 Å². The fourth-order valence-corrected chi connectivity index (χ4v) is 2.28. The maximum absolute atomic E-state index is 11.8. The van der Waals surface area contributed by atoms with Crippen molar-refractivity contribution in [1.82, 2.24) is 0 Å². The highest BCUT2D eigenvalue weighted by atomic mass is 32.2. The molecule has 0 saturated carbocycles. The number of aryl methyl sites for hydroxylation is 1. The Labute approximate surface area is 108 Å². The predicted octanol–water partition coefficient (Wildman–Crippen LogP) is 1.36. The molecule has 1 aromatic carbocycles. The van der Waals surface area contributed by atoms with Crippen molar-refractivity contribution in [3.05, 3.63) is 29.8 Å². The Morgan fingerprint density at radius 1 is 1.11 bits per heavy atom. The maximum Gasteiger partial charge on any atom is 0.297 e. The minimum absolute atomic E-state index is 0.0000104. The van der Waals surface area contributed by atoms with Gasteiger partial charge in [-0.25, -0.2) is 0 Å². The Balaban J connectivity index is 2.41. The van der Waals surface area contributed by atoms with Crippen LogP contribution in [0, 0.1) is 6.92 Å². The predicted molar refractivity (Wildman–Crippen MR) is 67.0 cm³/mol. The SMILES string of the molecule is COCCOCCOS(=O)(=O)c1cccc(C)c1. The Morgan fingerprint density at radius 2 is 1.83 bits per heavy atom. The van der Waals surface area contributed by atoms with Crippen LogP contribution in [0.4, 0.5) is 0 Å². The number of hydrogen-bond acceptors (Lipinski definition) is 5. The Morgan fingerprint density at radius 3 is 2.50 bits per heavy atom. The second-order valence-corrected chi connectivity index (χ2v) is 5.31. The topological polar surface area (TPSA) is 61.8 Å². The first kappa shape index (κ1) is 15.1. The van der Waals surface area contributed by atoms with Crippen molar-refractivity contribution >= 4 is 10.1 Å². The van der Waals surface area contributed by atoms with Gasteiger partial charge in [0.25, 0.3) is 10.1 Å². The van der Waals surface area contributed by atoms with E-state index in [4.69, 9.17) is 13.7 Å².